The van der Waals surface area contributed by atoms with Crippen molar-refractivity contribution in [3.63, 3.8) is 0 Å². The molecule has 1 aliphatic carbocycles. The van der Waals surface area contributed by atoms with Gasteiger partial charge in [0.05, 0.1) is 6.10 Å². The van der Waals surface area contributed by atoms with Crippen LogP contribution >= 0.6 is 0 Å². The average molecular weight is 269 g/mol. The van der Waals surface area contributed by atoms with Crippen LogP contribution in [0.4, 0.5) is 0 Å². The van der Waals surface area contributed by atoms with E-state index in [0.717, 1.165) is 25.7 Å². The molecule has 0 saturated heterocycles. The molecule has 1 aliphatic rings. The summed E-state index contributed by atoms with van der Waals surface area (Å²) in [7, 11) is 0. The third kappa shape index (κ3) is 5.07. The fourth-order valence-corrected chi connectivity index (χ4v) is 3.35. The van der Waals surface area contributed by atoms with Crippen LogP contribution in [-0.2, 0) is 0 Å². The summed E-state index contributed by atoms with van der Waals surface area (Å²) in [6.07, 6.45) is 11.7. The van der Waals surface area contributed by atoms with Crippen LogP contribution < -0.4 is 5.73 Å². The van der Waals surface area contributed by atoms with Crippen molar-refractivity contribution >= 4 is 0 Å². The van der Waals surface area contributed by atoms with E-state index in [4.69, 9.17) is 5.73 Å². The fraction of sp³-hybridized carbons (Fsp3) is 1.00. The van der Waals surface area contributed by atoms with Crippen molar-refractivity contribution in [1.82, 2.24) is 0 Å². The Labute approximate surface area is 120 Å². The van der Waals surface area contributed by atoms with E-state index in [1.807, 2.05) is 0 Å². The highest BCUT2D eigenvalue weighted by Gasteiger charge is 2.41. The van der Waals surface area contributed by atoms with E-state index in [1.165, 1.54) is 38.5 Å². The Hall–Kier alpha value is -0.0800. The minimum atomic E-state index is -0.185. The summed E-state index contributed by atoms with van der Waals surface area (Å²) in [5.41, 5.74) is 6.48. The topological polar surface area (TPSA) is 46.2 Å². The molecule has 2 heteroatoms. The molecule has 0 aromatic heterocycles. The largest absolute Gasteiger partial charge is 0.393 e. The van der Waals surface area contributed by atoms with Crippen LogP contribution in [0.25, 0.3) is 0 Å². The van der Waals surface area contributed by atoms with Gasteiger partial charge in [-0.05, 0) is 37.5 Å². The second-order valence-corrected chi connectivity index (χ2v) is 7.45. The van der Waals surface area contributed by atoms with E-state index >= 15 is 0 Å². The van der Waals surface area contributed by atoms with Gasteiger partial charge >= 0.3 is 0 Å². The second-order valence-electron chi connectivity index (χ2n) is 7.45. The summed E-state index contributed by atoms with van der Waals surface area (Å²) >= 11 is 0. The van der Waals surface area contributed by atoms with Gasteiger partial charge in [0.2, 0.25) is 0 Å². The van der Waals surface area contributed by atoms with Gasteiger partial charge in [0, 0.05) is 12.0 Å². The molecular weight excluding hydrogens is 234 g/mol. The third-order valence-electron chi connectivity index (χ3n) is 5.29. The van der Waals surface area contributed by atoms with E-state index < -0.39 is 0 Å². The zero-order chi connectivity index (χ0) is 14.4. The van der Waals surface area contributed by atoms with E-state index in [9.17, 15) is 5.11 Å². The molecule has 1 saturated carbocycles. The number of rotatable bonds is 8. The number of aliphatic hydroxyl groups excluding tert-OH is 1. The van der Waals surface area contributed by atoms with Gasteiger partial charge in [0.15, 0.2) is 0 Å². The molecule has 1 rings (SSSR count). The maximum Gasteiger partial charge on any atom is 0.0608 e. The summed E-state index contributed by atoms with van der Waals surface area (Å²) in [5.74, 6) is 0. The Bertz CT molecular complexity index is 240. The summed E-state index contributed by atoms with van der Waals surface area (Å²) < 4.78 is 0. The summed E-state index contributed by atoms with van der Waals surface area (Å²) in [6.45, 7) is 7.57. The molecule has 2 nitrogen and oxygen atoms in total. The molecule has 0 radical (unpaired) electrons. The van der Waals surface area contributed by atoms with Crippen molar-refractivity contribution in [3.05, 3.63) is 0 Å². The minimum Gasteiger partial charge on any atom is -0.393 e. The lowest BCUT2D eigenvalue weighted by molar-refractivity contribution is -0.0270. The van der Waals surface area contributed by atoms with E-state index in [2.05, 4.69) is 20.8 Å². The van der Waals surface area contributed by atoms with E-state index in [-0.39, 0.29) is 11.5 Å². The first kappa shape index (κ1) is 17.0. The molecule has 19 heavy (non-hydrogen) atoms. The maximum atomic E-state index is 10.6. The molecule has 0 aromatic carbocycles. The molecular formula is C17H35NO. The summed E-state index contributed by atoms with van der Waals surface area (Å²) in [5, 5.41) is 10.6. The van der Waals surface area contributed by atoms with Crippen molar-refractivity contribution < 1.29 is 5.11 Å². The van der Waals surface area contributed by atoms with Crippen LogP contribution in [0.2, 0.25) is 0 Å². The molecule has 0 heterocycles. The Kier molecular flexibility index (Phi) is 6.82. The maximum absolute atomic E-state index is 10.6. The number of aliphatic hydroxyl groups is 1. The number of unbranched alkanes of at least 4 members (excludes halogenated alkanes) is 4. The van der Waals surface area contributed by atoms with Gasteiger partial charge in [-0.1, -0.05) is 52.9 Å². The molecule has 114 valence electrons. The fourth-order valence-electron chi connectivity index (χ4n) is 3.35. The van der Waals surface area contributed by atoms with Crippen LogP contribution in [0.15, 0.2) is 0 Å². The highest BCUT2D eigenvalue weighted by molar-refractivity contribution is 4.94. The van der Waals surface area contributed by atoms with Gasteiger partial charge in [-0.15, -0.1) is 0 Å². The first-order valence-electron chi connectivity index (χ1n) is 8.34. The first-order valence-corrected chi connectivity index (χ1v) is 8.34. The van der Waals surface area contributed by atoms with Crippen molar-refractivity contribution in [3.8, 4) is 0 Å². The monoisotopic (exact) mass is 269 g/mol. The average Bonchev–Trinajstić information content (AvgIpc) is 2.39. The summed E-state index contributed by atoms with van der Waals surface area (Å²) in [6, 6.07) is 0. The number of hydrogen-bond donors (Lipinski definition) is 2. The normalized spacial score (nSPS) is 23.2. The van der Waals surface area contributed by atoms with Crippen LogP contribution in [-0.4, -0.2) is 17.8 Å². The Morgan fingerprint density at radius 1 is 1.00 bits per heavy atom. The first-order chi connectivity index (χ1) is 8.96. The van der Waals surface area contributed by atoms with E-state index in [0.29, 0.717) is 12.0 Å². The molecule has 1 unspecified atom stereocenters. The molecule has 0 amide bonds. The van der Waals surface area contributed by atoms with Gasteiger partial charge in [0.25, 0.3) is 0 Å². The van der Waals surface area contributed by atoms with Crippen molar-refractivity contribution in [2.75, 3.05) is 6.54 Å². The lowest BCUT2D eigenvalue weighted by Gasteiger charge is -2.45. The Morgan fingerprint density at radius 3 is 2.11 bits per heavy atom. The smallest absolute Gasteiger partial charge is 0.0608 e. The van der Waals surface area contributed by atoms with Gasteiger partial charge in [0.1, 0.15) is 0 Å². The lowest BCUT2D eigenvalue weighted by atomic mass is 9.62. The zero-order valence-electron chi connectivity index (χ0n) is 13.4. The zero-order valence-corrected chi connectivity index (χ0v) is 13.4. The molecule has 0 aliphatic heterocycles. The van der Waals surface area contributed by atoms with E-state index in [1.54, 1.807) is 0 Å². The van der Waals surface area contributed by atoms with Crippen LogP contribution in [0.1, 0.15) is 85.0 Å². The van der Waals surface area contributed by atoms with Crippen molar-refractivity contribution in [2.45, 2.75) is 91.1 Å². The van der Waals surface area contributed by atoms with Crippen molar-refractivity contribution in [2.24, 2.45) is 16.6 Å². The highest BCUT2D eigenvalue weighted by atomic mass is 16.3. The lowest BCUT2D eigenvalue weighted by Crippen LogP contribution is -2.45. The minimum absolute atomic E-state index is 0.0142. The SMILES string of the molecule is CCCCCCCC(O)C1(CN)CCC(C)(C)CC1. The molecule has 0 spiro atoms. The molecule has 3 N–H and O–H groups in total. The van der Waals surface area contributed by atoms with Gasteiger partial charge in [-0.25, -0.2) is 0 Å². The highest BCUT2D eigenvalue weighted by Crippen LogP contribution is 2.47. The predicted octanol–water partition coefficient (Wildman–Crippen LogP) is 4.25. The van der Waals surface area contributed by atoms with Crippen LogP contribution in [0.5, 0.6) is 0 Å². The molecule has 0 aromatic rings. The number of hydrogen-bond acceptors (Lipinski definition) is 2. The Morgan fingerprint density at radius 2 is 1.58 bits per heavy atom. The molecule has 1 fully saturated rings. The predicted molar refractivity (Wildman–Crippen MR) is 83.1 cm³/mol. The molecule has 1 atom stereocenters. The standard InChI is InChI=1S/C17H35NO/c1-4-5-6-7-8-9-15(19)17(14-18)12-10-16(2,3)11-13-17/h15,19H,4-14,18H2,1-3H3. The summed E-state index contributed by atoms with van der Waals surface area (Å²) in [4.78, 5) is 0. The molecule has 0 bridgehead atoms. The van der Waals surface area contributed by atoms with Crippen LogP contribution in [0.3, 0.4) is 0 Å². The Balaban J connectivity index is 2.37. The third-order valence-corrected chi connectivity index (χ3v) is 5.29. The van der Waals surface area contributed by atoms with Gasteiger partial charge in [-0.2, -0.15) is 0 Å². The van der Waals surface area contributed by atoms with Crippen molar-refractivity contribution in [1.29, 1.82) is 0 Å². The van der Waals surface area contributed by atoms with Gasteiger partial charge in [-0.3, -0.25) is 0 Å². The van der Waals surface area contributed by atoms with Crippen LogP contribution in [0, 0.1) is 10.8 Å². The number of nitrogens with two attached hydrogens (primary N) is 1. The second kappa shape index (κ2) is 7.64. The van der Waals surface area contributed by atoms with Gasteiger partial charge < -0.3 is 10.8 Å². The quantitative estimate of drug-likeness (QED) is 0.647.